The molecule has 2 nitrogen and oxygen atoms in total. The highest BCUT2D eigenvalue weighted by molar-refractivity contribution is 5.16. The molecule has 0 aromatic carbocycles. The minimum atomic E-state index is 0.732. The van der Waals surface area contributed by atoms with Gasteiger partial charge in [-0.2, -0.15) is 0 Å². The Morgan fingerprint density at radius 3 is 2.60 bits per heavy atom. The van der Waals surface area contributed by atoms with Gasteiger partial charge in [-0.25, -0.2) is 0 Å². The summed E-state index contributed by atoms with van der Waals surface area (Å²) in [5.41, 5.74) is 1.47. The van der Waals surface area contributed by atoms with E-state index in [4.69, 9.17) is 0 Å². The van der Waals surface area contributed by atoms with Gasteiger partial charge in [0.2, 0.25) is 0 Å². The first-order valence-corrected chi connectivity index (χ1v) is 6.02. The summed E-state index contributed by atoms with van der Waals surface area (Å²) in [7, 11) is 0. The number of aromatic nitrogens is 1. The van der Waals surface area contributed by atoms with Crippen LogP contribution in [0.15, 0.2) is 24.5 Å². The van der Waals surface area contributed by atoms with Gasteiger partial charge in [0.25, 0.3) is 0 Å². The van der Waals surface area contributed by atoms with E-state index in [2.05, 4.69) is 29.4 Å². The van der Waals surface area contributed by atoms with Crippen LogP contribution in [0.3, 0.4) is 0 Å². The van der Waals surface area contributed by atoms with Gasteiger partial charge < -0.3 is 5.32 Å². The van der Waals surface area contributed by atoms with Gasteiger partial charge in [-0.1, -0.05) is 6.92 Å². The van der Waals surface area contributed by atoms with Gasteiger partial charge in [0.05, 0.1) is 0 Å². The van der Waals surface area contributed by atoms with Crippen LogP contribution in [0.5, 0.6) is 0 Å². The standard InChI is InChI=1S/C13H20N2/c1-2-13(11-3-7-14-8-4-11)12-5-9-15-10-6-12/h3-4,7-8,12-13,15H,2,5-6,9-10H2,1H3. The minimum Gasteiger partial charge on any atom is -0.317 e. The molecule has 0 amide bonds. The minimum absolute atomic E-state index is 0.732. The normalized spacial score (nSPS) is 20.1. The van der Waals surface area contributed by atoms with E-state index < -0.39 is 0 Å². The summed E-state index contributed by atoms with van der Waals surface area (Å²) in [6.45, 7) is 4.67. The predicted molar refractivity (Wildman–Crippen MR) is 62.9 cm³/mol. The molecule has 2 heterocycles. The second kappa shape index (κ2) is 5.26. The fourth-order valence-corrected chi connectivity index (χ4v) is 2.70. The first-order chi connectivity index (χ1) is 7.42. The molecule has 1 aromatic heterocycles. The van der Waals surface area contributed by atoms with E-state index in [1.165, 1.54) is 37.9 Å². The second-order valence-electron chi connectivity index (χ2n) is 4.38. The zero-order valence-corrected chi connectivity index (χ0v) is 9.45. The van der Waals surface area contributed by atoms with Gasteiger partial charge in [-0.15, -0.1) is 0 Å². The average Bonchev–Trinajstić information content (AvgIpc) is 2.33. The Labute approximate surface area is 92.1 Å². The van der Waals surface area contributed by atoms with Gasteiger partial charge in [-0.05, 0) is 61.9 Å². The van der Waals surface area contributed by atoms with E-state index in [1.807, 2.05) is 12.4 Å². The zero-order chi connectivity index (χ0) is 10.5. The summed E-state index contributed by atoms with van der Waals surface area (Å²) >= 11 is 0. The number of nitrogens with zero attached hydrogens (tertiary/aromatic N) is 1. The number of pyridine rings is 1. The maximum atomic E-state index is 4.09. The molecule has 1 aliphatic heterocycles. The van der Waals surface area contributed by atoms with E-state index in [-0.39, 0.29) is 0 Å². The van der Waals surface area contributed by atoms with E-state index in [1.54, 1.807) is 0 Å². The van der Waals surface area contributed by atoms with Crippen LogP contribution in [-0.2, 0) is 0 Å². The van der Waals surface area contributed by atoms with Crippen molar-refractivity contribution < 1.29 is 0 Å². The predicted octanol–water partition coefficient (Wildman–Crippen LogP) is 2.57. The second-order valence-corrected chi connectivity index (χ2v) is 4.38. The first kappa shape index (κ1) is 10.6. The number of hydrogen-bond acceptors (Lipinski definition) is 2. The quantitative estimate of drug-likeness (QED) is 0.818. The maximum Gasteiger partial charge on any atom is 0.0270 e. The van der Waals surface area contributed by atoms with Crippen molar-refractivity contribution in [2.45, 2.75) is 32.1 Å². The summed E-state index contributed by atoms with van der Waals surface area (Å²) in [6, 6.07) is 4.35. The van der Waals surface area contributed by atoms with E-state index in [9.17, 15) is 0 Å². The highest BCUT2D eigenvalue weighted by atomic mass is 14.9. The Morgan fingerprint density at radius 1 is 1.33 bits per heavy atom. The first-order valence-electron chi connectivity index (χ1n) is 6.02. The third kappa shape index (κ3) is 2.57. The summed E-state index contributed by atoms with van der Waals surface area (Å²) < 4.78 is 0. The molecule has 82 valence electrons. The highest BCUT2D eigenvalue weighted by Gasteiger charge is 2.23. The zero-order valence-electron chi connectivity index (χ0n) is 9.45. The Bertz CT molecular complexity index is 278. The highest BCUT2D eigenvalue weighted by Crippen LogP contribution is 2.33. The smallest absolute Gasteiger partial charge is 0.0270 e. The van der Waals surface area contributed by atoms with Crippen LogP contribution in [-0.4, -0.2) is 18.1 Å². The molecular weight excluding hydrogens is 184 g/mol. The molecule has 1 aliphatic rings. The van der Waals surface area contributed by atoms with Crippen LogP contribution >= 0.6 is 0 Å². The largest absolute Gasteiger partial charge is 0.317 e. The lowest BCUT2D eigenvalue weighted by Gasteiger charge is -2.30. The van der Waals surface area contributed by atoms with E-state index >= 15 is 0 Å². The van der Waals surface area contributed by atoms with Gasteiger partial charge >= 0.3 is 0 Å². The van der Waals surface area contributed by atoms with Gasteiger partial charge in [-0.3, -0.25) is 4.98 Å². The molecule has 0 aliphatic carbocycles. The van der Waals surface area contributed by atoms with Crippen molar-refractivity contribution in [1.29, 1.82) is 0 Å². The van der Waals surface area contributed by atoms with Crippen LogP contribution in [0.2, 0.25) is 0 Å². The third-order valence-electron chi connectivity index (χ3n) is 3.53. The van der Waals surface area contributed by atoms with Gasteiger partial charge in [0, 0.05) is 12.4 Å². The van der Waals surface area contributed by atoms with Crippen LogP contribution in [0.25, 0.3) is 0 Å². The Morgan fingerprint density at radius 2 is 2.00 bits per heavy atom. The summed E-state index contributed by atoms with van der Waals surface area (Å²) in [4.78, 5) is 4.09. The van der Waals surface area contributed by atoms with Crippen LogP contribution in [0.4, 0.5) is 0 Å². The molecule has 1 saturated heterocycles. The van der Waals surface area contributed by atoms with Crippen LogP contribution < -0.4 is 5.32 Å². The molecule has 1 aromatic rings. The van der Waals surface area contributed by atoms with Crippen molar-refractivity contribution in [3.63, 3.8) is 0 Å². The Kier molecular flexibility index (Phi) is 3.73. The SMILES string of the molecule is CCC(c1ccncc1)C1CCNCC1. The molecular formula is C13H20N2. The Balaban J connectivity index is 2.09. The van der Waals surface area contributed by atoms with Crippen LogP contribution in [0, 0.1) is 5.92 Å². The van der Waals surface area contributed by atoms with Gasteiger partial charge in [0.15, 0.2) is 0 Å². The molecule has 0 spiro atoms. The van der Waals surface area contributed by atoms with Crippen molar-refractivity contribution in [3.05, 3.63) is 30.1 Å². The van der Waals surface area contributed by atoms with Crippen molar-refractivity contribution in [2.75, 3.05) is 13.1 Å². The van der Waals surface area contributed by atoms with E-state index in [0.29, 0.717) is 0 Å². The summed E-state index contributed by atoms with van der Waals surface area (Å²) in [6.07, 6.45) is 7.72. The molecule has 1 unspecified atom stereocenters. The molecule has 2 heteroatoms. The molecule has 1 fully saturated rings. The fraction of sp³-hybridized carbons (Fsp3) is 0.615. The molecule has 15 heavy (non-hydrogen) atoms. The van der Waals surface area contributed by atoms with Crippen molar-refractivity contribution >= 4 is 0 Å². The maximum absolute atomic E-state index is 4.09. The third-order valence-corrected chi connectivity index (χ3v) is 3.53. The monoisotopic (exact) mass is 204 g/mol. The number of hydrogen-bond donors (Lipinski definition) is 1. The van der Waals surface area contributed by atoms with Gasteiger partial charge in [0.1, 0.15) is 0 Å². The lowest BCUT2D eigenvalue weighted by Crippen LogP contribution is -2.30. The molecule has 1 atom stereocenters. The molecule has 0 saturated carbocycles. The lowest BCUT2D eigenvalue weighted by molar-refractivity contribution is 0.312. The number of piperidine rings is 1. The number of nitrogens with one attached hydrogen (secondary N) is 1. The van der Waals surface area contributed by atoms with Crippen molar-refractivity contribution in [1.82, 2.24) is 10.3 Å². The fourth-order valence-electron chi connectivity index (χ4n) is 2.70. The molecule has 0 radical (unpaired) electrons. The summed E-state index contributed by atoms with van der Waals surface area (Å²) in [5.74, 6) is 1.59. The average molecular weight is 204 g/mol. The molecule has 1 N–H and O–H groups in total. The van der Waals surface area contributed by atoms with Crippen LogP contribution in [0.1, 0.15) is 37.7 Å². The summed E-state index contributed by atoms with van der Waals surface area (Å²) in [5, 5.41) is 3.43. The molecule has 0 bridgehead atoms. The Hall–Kier alpha value is -0.890. The topological polar surface area (TPSA) is 24.9 Å². The lowest BCUT2D eigenvalue weighted by atomic mass is 9.79. The van der Waals surface area contributed by atoms with Crippen molar-refractivity contribution in [3.8, 4) is 0 Å². The molecule has 2 rings (SSSR count). The van der Waals surface area contributed by atoms with E-state index in [0.717, 1.165) is 11.8 Å². The van der Waals surface area contributed by atoms with Crippen molar-refractivity contribution in [2.24, 2.45) is 5.92 Å². The number of rotatable bonds is 3.